The Bertz CT molecular complexity index is 250. The Kier molecular flexibility index (Phi) is 2.23. The maximum absolute atomic E-state index is 4.22. The molecule has 0 N–H and O–H groups in total. The van der Waals surface area contributed by atoms with E-state index in [1.165, 1.54) is 5.56 Å². The Morgan fingerprint density at radius 1 is 1.27 bits per heavy atom. The Morgan fingerprint density at radius 3 is 2.27 bits per heavy atom. The fraction of sp³-hybridized carbons (Fsp3) is 0.444. The minimum Gasteiger partial charge on any atom is -0.263 e. The zero-order chi connectivity index (χ0) is 8.48. The lowest BCUT2D eigenvalue weighted by molar-refractivity contribution is 0.585. The number of aromatic nitrogens is 1. The van der Waals surface area contributed by atoms with Gasteiger partial charge in [0.1, 0.15) is 0 Å². The molecule has 11 heavy (non-hydrogen) atoms. The largest absolute Gasteiger partial charge is 0.263 e. The summed E-state index contributed by atoms with van der Waals surface area (Å²) in [5, 5.41) is 0. The molecule has 1 aromatic rings. The second kappa shape index (κ2) is 2.86. The van der Waals surface area contributed by atoms with Gasteiger partial charge in [-0.25, -0.2) is 0 Å². The minimum atomic E-state index is 0.172. The van der Waals surface area contributed by atoms with E-state index in [9.17, 15) is 0 Å². The van der Waals surface area contributed by atoms with Gasteiger partial charge in [-0.3, -0.25) is 4.98 Å². The van der Waals surface area contributed by atoms with Crippen molar-refractivity contribution in [3.05, 3.63) is 24.0 Å². The summed E-state index contributed by atoms with van der Waals surface area (Å²) in [7, 11) is 0. The van der Waals surface area contributed by atoms with Gasteiger partial charge in [-0.2, -0.15) is 0 Å². The number of pyridine rings is 1. The van der Waals surface area contributed by atoms with Crippen LogP contribution in [-0.4, -0.2) is 4.98 Å². The highest BCUT2D eigenvalue weighted by Crippen LogP contribution is 2.22. The zero-order valence-corrected chi connectivity index (χ0v) is 8.02. The molecule has 0 saturated heterocycles. The molecule has 0 aliphatic rings. The van der Waals surface area contributed by atoms with Crippen LogP contribution in [-0.2, 0) is 5.41 Å². The van der Waals surface area contributed by atoms with Crippen molar-refractivity contribution >= 4 is 12.6 Å². The molecule has 0 aliphatic heterocycles. The molecule has 0 fully saturated rings. The molecule has 0 spiro atoms. The van der Waals surface area contributed by atoms with E-state index in [2.05, 4.69) is 44.5 Å². The smallest absolute Gasteiger partial charge is 0.0401 e. The molecule has 0 amide bonds. The second-order valence-corrected chi connectivity index (χ2v) is 4.20. The fourth-order valence-electron chi connectivity index (χ4n) is 0.838. The third-order valence-electron chi connectivity index (χ3n) is 1.59. The third kappa shape index (κ3) is 2.22. The first-order chi connectivity index (χ1) is 5.00. The molecular weight excluding hydrogens is 154 g/mol. The van der Waals surface area contributed by atoms with Crippen LogP contribution in [0.3, 0.4) is 0 Å². The number of thiol groups is 1. The van der Waals surface area contributed by atoms with Gasteiger partial charge in [0.25, 0.3) is 0 Å². The molecule has 1 rings (SSSR count). The van der Waals surface area contributed by atoms with Gasteiger partial charge < -0.3 is 0 Å². The summed E-state index contributed by atoms with van der Waals surface area (Å²) in [5.74, 6) is 0. The number of hydrogen-bond acceptors (Lipinski definition) is 2. The number of rotatable bonds is 0. The van der Waals surface area contributed by atoms with Crippen molar-refractivity contribution < 1.29 is 0 Å². The first-order valence-corrected chi connectivity index (χ1v) is 4.09. The summed E-state index contributed by atoms with van der Waals surface area (Å²) in [5.41, 5.74) is 1.40. The Labute approximate surface area is 73.3 Å². The highest BCUT2D eigenvalue weighted by atomic mass is 32.1. The minimum absolute atomic E-state index is 0.172. The number of hydrogen-bond donors (Lipinski definition) is 1. The van der Waals surface area contributed by atoms with Crippen molar-refractivity contribution in [3.8, 4) is 0 Å². The molecule has 60 valence electrons. The lowest BCUT2D eigenvalue weighted by Gasteiger charge is -2.18. The molecule has 2 heteroatoms. The quantitative estimate of drug-likeness (QED) is 0.586. The van der Waals surface area contributed by atoms with E-state index in [1.807, 2.05) is 6.20 Å². The van der Waals surface area contributed by atoms with E-state index in [0.717, 1.165) is 4.90 Å². The first kappa shape index (κ1) is 8.60. The molecule has 0 aromatic carbocycles. The predicted molar refractivity (Wildman–Crippen MR) is 50.2 cm³/mol. The van der Waals surface area contributed by atoms with Crippen LogP contribution >= 0.6 is 12.6 Å². The van der Waals surface area contributed by atoms with E-state index in [-0.39, 0.29) is 5.41 Å². The van der Waals surface area contributed by atoms with Crippen molar-refractivity contribution in [2.24, 2.45) is 0 Å². The Hall–Kier alpha value is -0.500. The van der Waals surface area contributed by atoms with Gasteiger partial charge in [0.15, 0.2) is 0 Å². The standard InChI is InChI=1S/C9H13NS/c1-9(2,3)7-4-8(11)6-10-5-7/h4-6,11H,1-3H3. The van der Waals surface area contributed by atoms with Crippen molar-refractivity contribution in [1.29, 1.82) is 0 Å². The van der Waals surface area contributed by atoms with E-state index < -0.39 is 0 Å². The third-order valence-corrected chi connectivity index (χ3v) is 1.83. The molecule has 0 saturated carbocycles. The topological polar surface area (TPSA) is 12.9 Å². The van der Waals surface area contributed by atoms with Crippen LogP contribution in [0.1, 0.15) is 26.3 Å². The summed E-state index contributed by atoms with van der Waals surface area (Å²) < 4.78 is 0. The molecular formula is C9H13NS. The van der Waals surface area contributed by atoms with Crippen LogP contribution < -0.4 is 0 Å². The monoisotopic (exact) mass is 167 g/mol. The van der Waals surface area contributed by atoms with Crippen LogP contribution in [0.15, 0.2) is 23.4 Å². The van der Waals surface area contributed by atoms with E-state index in [0.29, 0.717) is 0 Å². The van der Waals surface area contributed by atoms with Crippen LogP contribution in [0.25, 0.3) is 0 Å². The van der Waals surface area contributed by atoms with Crippen molar-refractivity contribution in [1.82, 2.24) is 4.98 Å². The first-order valence-electron chi connectivity index (χ1n) is 3.64. The molecule has 1 aromatic heterocycles. The van der Waals surface area contributed by atoms with Crippen molar-refractivity contribution in [3.63, 3.8) is 0 Å². The molecule has 1 heterocycles. The van der Waals surface area contributed by atoms with Crippen molar-refractivity contribution in [2.75, 3.05) is 0 Å². The van der Waals surface area contributed by atoms with Crippen LogP contribution in [0, 0.1) is 0 Å². The molecule has 0 radical (unpaired) electrons. The molecule has 0 unspecified atom stereocenters. The fourth-order valence-corrected chi connectivity index (χ4v) is 1.04. The second-order valence-electron chi connectivity index (χ2n) is 3.68. The highest BCUT2D eigenvalue weighted by molar-refractivity contribution is 7.80. The molecule has 0 bridgehead atoms. The van der Waals surface area contributed by atoms with Gasteiger partial charge in [-0.1, -0.05) is 20.8 Å². The van der Waals surface area contributed by atoms with Gasteiger partial charge in [0.2, 0.25) is 0 Å². The lowest BCUT2D eigenvalue weighted by Crippen LogP contribution is -2.11. The maximum Gasteiger partial charge on any atom is 0.0401 e. The Morgan fingerprint density at radius 2 is 1.91 bits per heavy atom. The summed E-state index contributed by atoms with van der Waals surface area (Å²) in [4.78, 5) is 5.00. The molecule has 0 aliphatic carbocycles. The van der Waals surface area contributed by atoms with Crippen LogP contribution in [0.2, 0.25) is 0 Å². The summed E-state index contributed by atoms with van der Waals surface area (Å²) >= 11 is 4.22. The van der Waals surface area contributed by atoms with Gasteiger partial charge in [0.05, 0.1) is 0 Å². The summed E-state index contributed by atoms with van der Waals surface area (Å²) in [6.07, 6.45) is 3.64. The van der Waals surface area contributed by atoms with Crippen molar-refractivity contribution in [2.45, 2.75) is 31.1 Å². The molecule has 1 nitrogen and oxygen atoms in total. The van der Waals surface area contributed by atoms with Gasteiger partial charge in [-0.05, 0) is 17.0 Å². The Balaban J connectivity index is 3.06. The highest BCUT2D eigenvalue weighted by Gasteiger charge is 2.13. The summed E-state index contributed by atoms with van der Waals surface area (Å²) in [6, 6.07) is 2.05. The van der Waals surface area contributed by atoms with E-state index in [4.69, 9.17) is 0 Å². The maximum atomic E-state index is 4.22. The summed E-state index contributed by atoms with van der Waals surface area (Å²) in [6.45, 7) is 6.49. The van der Waals surface area contributed by atoms with E-state index >= 15 is 0 Å². The average molecular weight is 167 g/mol. The van der Waals surface area contributed by atoms with Gasteiger partial charge in [0, 0.05) is 17.3 Å². The van der Waals surface area contributed by atoms with E-state index in [1.54, 1.807) is 6.20 Å². The normalized spacial score (nSPS) is 11.6. The van der Waals surface area contributed by atoms with Crippen LogP contribution in [0.5, 0.6) is 0 Å². The predicted octanol–water partition coefficient (Wildman–Crippen LogP) is 2.67. The average Bonchev–Trinajstić information content (AvgIpc) is 1.86. The van der Waals surface area contributed by atoms with Crippen LogP contribution in [0.4, 0.5) is 0 Å². The zero-order valence-electron chi connectivity index (χ0n) is 7.13. The van der Waals surface area contributed by atoms with Gasteiger partial charge in [-0.15, -0.1) is 12.6 Å². The van der Waals surface area contributed by atoms with Gasteiger partial charge >= 0.3 is 0 Å². The molecule has 0 atom stereocenters. The number of nitrogens with zero attached hydrogens (tertiary/aromatic N) is 1. The SMILES string of the molecule is CC(C)(C)c1cncc(S)c1. The lowest BCUT2D eigenvalue weighted by atomic mass is 9.88.